The van der Waals surface area contributed by atoms with E-state index in [4.69, 9.17) is 21.6 Å². The summed E-state index contributed by atoms with van der Waals surface area (Å²) in [4.78, 5) is 16.0. The molecule has 30 heavy (non-hydrogen) atoms. The second kappa shape index (κ2) is 10.3. The molecular weight excluding hydrogens is 419 g/mol. The average Bonchev–Trinajstić information content (AvgIpc) is 2.69. The Morgan fingerprint density at radius 3 is 2.53 bits per heavy atom. The predicted molar refractivity (Wildman–Crippen MR) is 108 cm³/mol. The summed E-state index contributed by atoms with van der Waals surface area (Å²) in [5.41, 5.74) is -1.31. The van der Waals surface area contributed by atoms with Crippen LogP contribution in [-0.4, -0.2) is 24.8 Å². The number of nitrogens with zero attached hydrogens (tertiary/aromatic N) is 2. The zero-order chi connectivity index (χ0) is 22.3. The molecule has 9 heteroatoms. The van der Waals surface area contributed by atoms with E-state index in [-0.39, 0.29) is 29.5 Å². The monoisotopic (exact) mass is 439 g/mol. The molecule has 1 aliphatic rings. The largest absolute Gasteiger partial charge is 0.490 e. The van der Waals surface area contributed by atoms with Crippen molar-refractivity contribution in [3.8, 4) is 11.8 Å². The third-order valence-electron chi connectivity index (χ3n) is 4.60. The van der Waals surface area contributed by atoms with Crippen molar-refractivity contribution < 1.29 is 22.7 Å². The van der Waals surface area contributed by atoms with Crippen LogP contribution in [0.4, 0.5) is 13.2 Å². The van der Waals surface area contributed by atoms with Crippen molar-refractivity contribution in [2.75, 3.05) is 0 Å². The van der Waals surface area contributed by atoms with Crippen LogP contribution in [0.2, 0.25) is 0 Å². The van der Waals surface area contributed by atoms with Crippen molar-refractivity contribution in [3.63, 3.8) is 0 Å². The summed E-state index contributed by atoms with van der Waals surface area (Å²) in [5.74, 6) is -0.302. The predicted octanol–water partition coefficient (Wildman–Crippen LogP) is 5.11. The van der Waals surface area contributed by atoms with Crippen molar-refractivity contribution in [2.24, 2.45) is 4.99 Å². The van der Waals surface area contributed by atoms with Crippen LogP contribution < -0.4 is 10.1 Å². The fraction of sp³-hybridized carbons (Fsp3) is 0.381. The molecule has 1 aliphatic carbocycles. The van der Waals surface area contributed by atoms with E-state index in [1.165, 1.54) is 12.1 Å². The van der Waals surface area contributed by atoms with Gasteiger partial charge >= 0.3 is 6.18 Å². The number of carbonyl (C=O) groups is 1. The lowest BCUT2D eigenvalue weighted by Gasteiger charge is -2.29. The minimum Gasteiger partial charge on any atom is -0.490 e. The molecule has 5 nitrogen and oxygen atoms in total. The van der Waals surface area contributed by atoms with E-state index in [1.807, 2.05) is 0 Å². The molecule has 1 saturated carbocycles. The van der Waals surface area contributed by atoms with Gasteiger partial charge in [0.15, 0.2) is 0 Å². The molecule has 0 bridgehead atoms. The van der Waals surface area contributed by atoms with Crippen molar-refractivity contribution in [1.29, 1.82) is 5.26 Å². The van der Waals surface area contributed by atoms with E-state index < -0.39 is 17.3 Å². The van der Waals surface area contributed by atoms with E-state index in [0.29, 0.717) is 30.7 Å². The SMILES string of the molecule is C=N/C(=C\C=C(/C)Cl)C(=O)N[C@H]1CC[C@H](Oc2ccc(C#N)c(C(F)(F)F)c2)CC1. The normalized spacial score (nSPS) is 20.3. The third-order valence-corrected chi connectivity index (χ3v) is 4.73. The fourth-order valence-corrected chi connectivity index (χ4v) is 3.16. The smallest absolute Gasteiger partial charge is 0.417 e. The second-order valence-corrected chi connectivity index (χ2v) is 7.44. The highest BCUT2D eigenvalue weighted by molar-refractivity contribution is 6.29. The summed E-state index contributed by atoms with van der Waals surface area (Å²) >= 11 is 5.74. The molecule has 0 unspecified atom stereocenters. The van der Waals surface area contributed by atoms with Gasteiger partial charge in [-0.2, -0.15) is 18.4 Å². The Morgan fingerprint density at radius 1 is 1.33 bits per heavy atom. The minimum atomic E-state index is -4.63. The van der Waals surface area contributed by atoms with Gasteiger partial charge < -0.3 is 10.1 Å². The molecule has 1 aromatic carbocycles. The molecule has 1 amide bonds. The van der Waals surface area contributed by atoms with Crippen molar-refractivity contribution in [2.45, 2.75) is 50.9 Å². The molecule has 0 radical (unpaired) electrons. The van der Waals surface area contributed by atoms with Crippen molar-refractivity contribution in [3.05, 3.63) is 52.2 Å². The number of hydrogen-bond acceptors (Lipinski definition) is 4. The zero-order valence-electron chi connectivity index (χ0n) is 16.3. The molecule has 0 aliphatic heterocycles. The number of nitriles is 1. The number of benzene rings is 1. The lowest BCUT2D eigenvalue weighted by molar-refractivity contribution is -0.138. The van der Waals surface area contributed by atoms with Crippen LogP contribution in [0.15, 0.2) is 46.1 Å². The van der Waals surface area contributed by atoms with E-state index >= 15 is 0 Å². The first-order valence-electron chi connectivity index (χ1n) is 9.23. The molecule has 0 heterocycles. The van der Waals surface area contributed by atoms with Crippen LogP contribution in [0.1, 0.15) is 43.7 Å². The van der Waals surface area contributed by atoms with Crippen molar-refractivity contribution in [1.82, 2.24) is 5.32 Å². The lowest BCUT2D eigenvalue weighted by atomic mass is 9.92. The number of amides is 1. The van der Waals surface area contributed by atoms with Gasteiger partial charge in [0.25, 0.3) is 5.91 Å². The van der Waals surface area contributed by atoms with Gasteiger partial charge in [-0.05, 0) is 69.7 Å². The van der Waals surface area contributed by atoms with Gasteiger partial charge in [0.2, 0.25) is 0 Å². The number of nitrogens with one attached hydrogen (secondary N) is 1. The maximum atomic E-state index is 13.1. The van der Waals surface area contributed by atoms with Gasteiger partial charge in [-0.15, -0.1) is 0 Å². The molecule has 1 fully saturated rings. The second-order valence-electron chi connectivity index (χ2n) is 6.85. The third kappa shape index (κ3) is 6.63. The zero-order valence-corrected chi connectivity index (χ0v) is 17.1. The highest BCUT2D eigenvalue weighted by atomic mass is 35.5. The van der Waals surface area contributed by atoms with E-state index in [0.717, 1.165) is 12.1 Å². The number of halogens is 4. The van der Waals surface area contributed by atoms with Gasteiger partial charge in [-0.25, -0.2) is 0 Å². The number of allylic oxidation sites excluding steroid dienone is 3. The highest BCUT2D eigenvalue weighted by Gasteiger charge is 2.34. The summed E-state index contributed by atoms with van der Waals surface area (Å²) in [6.07, 6.45) is 0.447. The van der Waals surface area contributed by atoms with E-state index in [2.05, 4.69) is 17.0 Å². The number of ether oxygens (including phenoxy) is 1. The van der Waals surface area contributed by atoms with Crippen LogP contribution in [0.25, 0.3) is 0 Å². The molecule has 2 rings (SSSR count). The Bertz CT molecular complexity index is 892. The summed E-state index contributed by atoms with van der Waals surface area (Å²) in [6.45, 7) is 5.05. The van der Waals surface area contributed by atoms with Crippen LogP contribution in [0.5, 0.6) is 5.75 Å². The summed E-state index contributed by atoms with van der Waals surface area (Å²) in [5, 5.41) is 12.2. The number of carbonyl (C=O) groups excluding carboxylic acids is 1. The van der Waals surface area contributed by atoms with Gasteiger partial charge in [-0.3, -0.25) is 9.79 Å². The first-order chi connectivity index (χ1) is 14.1. The van der Waals surface area contributed by atoms with Gasteiger partial charge in [0.05, 0.1) is 23.3 Å². The molecule has 0 saturated heterocycles. The number of alkyl halides is 3. The summed E-state index contributed by atoms with van der Waals surface area (Å²) in [7, 11) is 0. The number of rotatable bonds is 6. The van der Waals surface area contributed by atoms with Crippen LogP contribution in [0, 0.1) is 11.3 Å². The first-order valence-corrected chi connectivity index (χ1v) is 9.61. The lowest BCUT2D eigenvalue weighted by Crippen LogP contribution is -2.40. The van der Waals surface area contributed by atoms with E-state index in [1.54, 1.807) is 19.1 Å². The Labute approximate surface area is 177 Å². The molecule has 0 aromatic heterocycles. The number of hydrogen-bond donors (Lipinski definition) is 1. The number of aliphatic imine (C=N–C) groups is 1. The van der Waals surface area contributed by atoms with Crippen LogP contribution >= 0.6 is 11.6 Å². The quantitative estimate of drug-likeness (QED) is 0.380. The van der Waals surface area contributed by atoms with Crippen LogP contribution in [0.3, 0.4) is 0 Å². The first kappa shape index (κ1) is 23.5. The topological polar surface area (TPSA) is 74.5 Å². The summed E-state index contributed by atoms with van der Waals surface area (Å²) in [6, 6.07) is 4.76. The Balaban J connectivity index is 1.95. The molecule has 160 valence electrons. The van der Waals surface area contributed by atoms with Crippen LogP contribution in [-0.2, 0) is 11.0 Å². The Hall–Kier alpha value is -2.79. The molecule has 1 aromatic rings. The van der Waals surface area contributed by atoms with Gasteiger partial charge in [-0.1, -0.05) is 11.6 Å². The molecule has 0 spiro atoms. The maximum Gasteiger partial charge on any atom is 0.417 e. The van der Waals surface area contributed by atoms with E-state index in [9.17, 15) is 18.0 Å². The Morgan fingerprint density at radius 2 is 2.00 bits per heavy atom. The van der Waals surface area contributed by atoms with Crippen molar-refractivity contribution >= 4 is 24.2 Å². The Kier molecular flexibility index (Phi) is 8.07. The highest BCUT2D eigenvalue weighted by Crippen LogP contribution is 2.35. The molecular formula is C21H21ClF3N3O2. The standard InChI is InChI=1S/C21H21ClF3N3O2/c1-13(22)3-10-19(27-2)20(29)28-15-5-8-16(9-6-15)30-17-7-4-14(12-26)18(11-17)21(23,24)25/h3-4,7,10-11,15-16H,2,5-6,8-9H2,1H3,(H,28,29)/b13-3+,19-10-/t15-,16-. The molecule has 1 N–H and O–H groups in total. The van der Waals surface area contributed by atoms with Gasteiger partial charge in [0.1, 0.15) is 11.4 Å². The maximum absolute atomic E-state index is 13.1. The average molecular weight is 440 g/mol. The fourth-order valence-electron chi connectivity index (χ4n) is 3.10. The minimum absolute atomic E-state index is 0.0677. The molecule has 0 atom stereocenters. The summed E-state index contributed by atoms with van der Waals surface area (Å²) < 4.78 is 45.0. The van der Waals surface area contributed by atoms with Gasteiger partial charge in [0, 0.05) is 11.1 Å².